The van der Waals surface area contributed by atoms with E-state index in [2.05, 4.69) is 19.9 Å². The zero-order chi connectivity index (χ0) is 11.4. The molecule has 0 atom stereocenters. The van der Waals surface area contributed by atoms with Crippen LogP contribution in [0.2, 0.25) is 0 Å². The molecule has 90 valence electrons. The summed E-state index contributed by atoms with van der Waals surface area (Å²) in [5, 5.41) is 4.93. The van der Waals surface area contributed by atoms with Crippen molar-refractivity contribution >= 4 is 16.5 Å². The molecule has 6 nitrogen and oxygen atoms in total. The number of aromatic nitrogens is 2. The first kappa shape index (κ1) is 11.7. The van der Waals surface area contributed by atoms with Gasteiger partial charge in [0.2, 0.25) is 0 Å². The number of likely N-dealkylation sites (tertiary alicyclic amines) is 1. The number of hydrogen-bond acceptors (Lipinski definition) is 7. The second kappa shape index (κ2) is 5.53. The van der Waals surface area contributed by atoms with E-state index in [-0.39, 0.29) is 0 Å². The molecular formula is C9H17N5OS. The van der Waals surface area contributed by atoms with Gasteiger partial charge in [-0.1, -0.05) is 4.49 Å². The van der Waals surface area contributed by atoms with Crippen molar-refractivity contribution in [3.8, 4) is 0 Å². The Morgan fingerprint density at radius 3 is 2.94 bits per heavy atom. The van der Waals surface area contributed by atoms with Crippen molar-refractivity contribution in [2.45, 2.75) is 25.5 Å². The van der Waals surface area contributed by atoms with E-state index in [1.807, 2.05) is 0 Å². The van der Waals surface area contributed by atoms with Gasteiger partial charge in [-0.05, 0) is 12.8 Å². The molecule has 1 fully saturated rings. The lowest BCUT2D eigenvalue weighted by atomic mass is 10.1. The Bertz CT molecular complexity index is 323. The van der Waals surface area contributed by atoms with E-state index in [9.17, 15) is 0 Å². The lowest BCUT2D eigenvalue weighted by Crippen LogP contribution is -2.36. The van der Waals surface area contributed by atoms with Gasteiger partial charge in [0.15, 0.2) is 0 Å². The van der Waals surface area contributed by atoms with Crippen LogP contribution in [0.5, 0.6) is 0 Å². The number of hydrazine groups is 1. The highest BCUT2D eigenvalue weighted by atomic mass is 32.1. The van der Waals surface area contributed by atoms with Gasteiger partial charge >= 0.3 is 0 Å². The molecule has 1 aromatic heterocycles. The standard InChI is InChI=1S/C9H17N5OS/c1-15-7-2-4-14(5-3-7)6-8-9(11-10)16-13-12-8/h7,11H,2-6,10H2,1H3. The van der Waals surface area contributed by atoms with Crippen LogP contribution < -0.4 is 11.3 Å². The van der Waals surface area contributed by atoms with Crippen LogP contribution in [-0.4, -0.2) is 40.8 Å². The molecule has 0 unspecified atom stereocenters. The maximum Gasteiger partial charge on any atom is 0.148 e. The summed E-state index contributed by atoms with van der Waals surface area (Å²) in [5.74, 6) is 5.39. The highest BCUT2D eigenvalue weighted by Gasteiger charge is 2.20. The van der Waals surface area contributed by atoms with Crippen molar-refractivity contribution in [1.29, 1.82) is 0 Å². The van der Waals surface area contributed by atoms with Crippen molar-refractivity contribution in [2.24, 2.45) is 5.84 Å². The fraction of sp³-hybridized carbons (Fsp3) is 0.778. The topological polar surface area (TPSA) is 76.3 Å². The highest BCUT2D eigenvalue weighted by molar-refractivity contribution is 7.10. The minimum absolute atomic E-state index is 0.414. The van der Waals surface area contributed by atoms with Gasteiger partial charge in [-0.3, -0.25) is 4.90 Å². The maximum absolute atomic E-state index is 5.39. The first-order chi connectivity index (χ1) is 7.83. The van der Waals surface area contributed by atoms with Gasteiger partial charge in [-0.2, -0.15) is 0 Å². The second-order valence-corrected chi connectivity index (χ2v) is 4.66. The van der Waals surface area contributed by atoms with Crippen molar-refractivity contribution in [1.82, 2.24) is 14.5 Å². The van der Waals surface area contributed by atoms with Crippen LogP contribution >= 0.6 is 11.5 Å². The Morgan fingerprint density at radius 1 is 1.56 bits per heavy atom. The summed E-state index contributed by atoms with van der Waals surface area (Å²) in [5.41, 5.74) is 3.56. The fourth-order valence-electron chi connectivity index (χ4n) is 1.94. The van der Waals surface area contributed by atoms with Crippen LogP contribution in [0, 0.1) is 0 Å². The normalized spacial score (nSPS) is 18.9. The predicted molar refractivity (Wildman–Crippen MR) is 63.0 cm³/mol. The van der Waals surface area contributed by atoms with Crippen molar-refractivity contribution in [2.75, 3.05) is 25.6 Å². The Labute approximate surface area is 98.9 Å². The minimum atomic E-state index is 0.414. The number of hydrogen-bond donors (Lipinski definition) is 2. The molecule has 0 amide bonds. The van der Waals surface area contributed by atoms with E-state index in [0.29, 0.717) is 6.10 Å². The Hall–Kier alpha value is -0.760. The first-order valence-electron chi connectivity index (χ1n) is 5.36. The number of methoxy groups -OCH3 is 1. The number of nitrogen functional groups attached to an aromatic ring is 1. The third kappa shape index (κ3) is 2.67. The fourth-order valence-corrected chi connectivity index (χ4v) is 2.42. The zero-order valence-corrected chi connectivity index (χ0v) is 10.2. The largest absolute Gasteiger partial charge is 0.381 e. The molecule has 0 bridgehead atoms. The average Bonchev–Trinajstić information content (AvgIpc) is 2.77. The average molecular weight is 243 g/mol. The molecule has 1 aromatic rings. The first-order valence-corrected chi connectivity index (χ1v) is 6.14. The molecule has 0 saturated carbocycles. The SMILES string of the molecule is COC1CCN(Cc2nnsc2NN)CC1. The van der Waals surface area contributed by atoms with Crippen molar-refractivity contribution in [3.63, 3.8) is 0 Å². The molecule has 16 heavy (non-hydrogen) atoms. The number of anilines is 1. The monoisotopic (exact) mass is 243 g/mol. The summed E-state index contributed by atoms with van der Waals surface area (Å²) in [6.45, 7) is 2.90. The number of rotatable bonds is 4. The zero-order valence-electron chi connectivity index (χ0n) is 9.35. The van der Waals surface area contributed by atoms with Crippen molar-refractivity contribution < 1.29 is 4.74 Å². The lowest BCUT2D eigenvalue weighted by Gasteiger charge is -2.30. The molecule has 0 spiro atoms. The van der Waals surface area contributed by atoms with Crippen LogP contribution in [-0.2, 0) is 11.3 Å². The summed E-state index contributed by atoms with van der Waals surface area (Å²) in [4.78, 5) is 2.35. The minimum Gasteiger partial charge on any atom is -0.381 e. The molecular weight excluding hydrogens is 226 g/mol. The van der Waals surface area contributed by atoms with E-state index in [4.69, 9.17) is 10.6 Å². The molecule has 1 aliphatic heterocycles. The Kier molecular flexibility index (Phi) is 4.05. The van der Waals surface area contributed by atoms with Crippen LogP contribution in [0.15, 0.2) is 0 Å². The van der Waals surface area contributed by atoms with Crippen LogP contribution in [0.3, 0.4) is 0 Å². The van der Waals surface area contributed by atoms with Gasteiger partial charge in [-0.15, -0.1) is 5.10 Å². The molecule has 2 rings (SSSR count). The molecule has 0 radical (unpaired) electrons. The van der Waals surface area contributed by atoms with E-state index in [0.717, 1.165) is 43.2 Å². The molecule has 3 N–H and O–H groups in total. The molecule has 1 saturated heterocycles. The summed E-state index contributed by atoms with van der Waals surface area (Å²) >= 11 is 1.29. The lowest BCUT2D eigenvalue weighted by molar-refractivity contribution is 0.0386. The Morgan fingerprint density at radius 2 is 2.31 bits per heavy atom. The third-order valence-electron chi connectivity index (χ3n) is 2.93. The second-order valence-electron chi connectivity index (χ2n) is 3.90. The highest BCUT2D eigenvalue weighted by Crippen LogP contribution is 2.20. The molecule has 0 aromatic carbocycles. The van der Waals surface area contributed by atoms with Crippen LogP contribution in [0.25, 0.3) is 0 Å². The van der Waals surface area contributed by atoms with E-state index in [1.54, 1.807) is 7.11 Å². The smallest absolute Gasteiger partial charge is 0.148 e. The summed E-state index contributed by atoms with van der Waals surface area (Å²) < 4.78 is 9.22. The number of ether oxygens (including phenoxy) is 1. The predicted octanol–water partition coefficient (Wildman–Crippen LogP) is 0.435. The maximum atomic E-state index is 5.39. The van der Waals surface area contributed by atoms with Gasteiger partial charge in [0.1, 0.15) is 10.7 Å². The number of nitrogens with one attached hydrogen (secondary N) is 1. The number of piperidine rings is 1. The molecule has 7 heteroatoms. The summed E-state index contributed by atoms with van der Waals surface area (Å²) in [6.07, 6.45) is 2.58. The Balaban J connectivity index is 1.87. The van der Waals surface area contributed by atoms with Gasteiger partial charge in [-0.25, -0.2) is 5.84 Å². The van der Waals surface area contributed by atoms with Crippen molar-refractivity contribution in [3.05, 3.63) is 5.69 Å². The molecule has 2 heterocycles. The third-order valence-corrected chi connectivity index (χ3v) is 3.63. The summed E-state index contributed by atoms with van der Waals surface area (Å²) in [6, 6.07) is 0. The van der Waals surface area contributed by atoms with E-state index in [1.165, 1.54) is 11.5 Å². The summed E-state index contributed by atoms with van der Waals surface area (Å²) in [7, 11) is 1.78. The molecule has 0 aliphatic carbocycles. The van der Waals surface area contributed by atoms with E-state index >= 15 is 0 Å². The number of nitrogens with zero attached hydrogens (tertiary/aromatic N) is 3. The van der Waals surface area contributed by atoms with Gasteiger partial charge < -0.3 is 10.2 Å². The molecule has 1 aliphatic rings. The van der Waals surface area contributed by atoms with Crippen LogP contribution in [0.4, 0.5) is 5.00 Å². The number of nitrogens with two attached hydrogens (primary N) is 1. The van der Waals surface area contributed by atoms with Gasteiger partial charge in [0.25, 0.3) is 0 Å². The van der Waals surface area contributed by atoms with Gasteiger partial charge in [0, 0.05) is 38.3 Å². The van der Waals surface area contributed by atoms with Crippen LogP contribution in [0.1, 0.15) is 18.5 Å². The van der Waals surface area contributed by atoms with Gasteiger partial charge in [0.05, 0.1) is 6.10 Å². The quantitative estimate of drug-likeness (QED) is 0.590. The van der Waals surface area contributed by atoms with E-state index < -0.39 is 0 Å².